The van der Waals surface area contributed by atoms with Crippen LogP contribution in [-0.2, 0) is 11.0 Å². The lowest BCUT2D eigenvalue weighted by molar-refractivity contribution is -0.137. The van der Waals surface area contributed by atoms with Gasteiger partial charge in [-0.25, -0.2) is 4.98 Å². The molecule has 8 heteroatoms. The molecule has 1 fully saturated rings. The summed E-state index contributed by atoms with van der Waals surface area (Å²) in [7, 11) is 0. The van der Waals surface area contributed by atoms with Crippen LogP contribution in [0, 0.1) is 5.92 Å². The minimum atomic E-state index is -4.47. The zero-order valence-electron chi connectivity index (χ0n) is 14.8. The van der Waals surface area contributed by atoms with Gasteiger partial charge in [0, 0.05) is 29.9 Å². The van der Waals surface area contributed by atoms with Crippen LogP contribution in [-0.4, -0.2) is 30.2 Å². The fourth-order valence-corrected chi connectivity index (χ4v) is 3.58. The molecule has 4 nitrogen and oxygen atoms in total. The Hall–Kier alpha value is -2.22. The molecule has 1 atom stereocenters. The highest BCUT2D eigenvalue weighted by atomic mass is 32.2. The van der Waals surface area contributed by atoms with Crippen LogP contribution >= 0.6 is 11.8 Å². The monoisotopic (exact) mass is 395 g/mol. The maximum atomic E-state index is 13.3. The summed E-state index contributed by atoms with van der Waals surface area (Å²) in [5, 5.41) is 2.86. The predicted octanol–water partition coefficient (Wildman–Crippen LogP) is 4.68. The zero-order valence-corrected chi connectivity index (χ0v) is 15.6. The van der Waals surface area contributed by atoms with Gasteiger partial charge in [0.25, 0.3) is 0 Å². The van der Waals surface area contributed by atoms with Gasteiger partial charge in [-0.05, 0) is 55.5 Å². The summed E-state index contributed by atoms with van der Waals surface area (Å²) in [6.07, 6.45) is 0.118. The van der Waals surface area contributed by atoms with Crippen molar-refractivity contribution in [3.63, 3.8) is 0 Å². The molecule has 0 aliphatic carbocycles. The number of nitrogens with one attached hydrogen (secondary N) is 1. The van der Waals surface area contributed by atoms with Crippen LogP contribution < -0.4 is 10.2 Å². The van der Waals surface area contributed by atoms with Gasteiger partial charge in [0.2, 0.25) is 5.91 Å². The highest BCUT2D eigenvalue weighted by Gasteiger charge is 2.37. The molecule has 27 heavy (non-hydrogen) atoms. The fraction of sp³-hybridized carbons (Fsp3) is 0.368. The molecule has 0 saturated carbocycles. The first-order valence-electron chi connectivity index (χ1n) is 8.60. The number of anilines is 2. The molecule has 1 aromatic heterocycles. The van der Waals surface area contributed by atoms with Gasteiger partial charge >= 0.3 is 6.18 Å². The average Bonchev–Trinajstić information content (AvgIpc) is 2.68. The van der Waals surface area contributed by atoms with E-state index in [-0.39, 0.29) is 24.2 Å². The topological polar surface area (TPSA) is 45.2 Å². The Balaban J connectivity index is 1.71. The van der Waals surface area contributed by atoms with Crippen molar-refractivity contribution in [1.29, 1.82) is 0 Å². The summed E-state index contributed by atoms with van der Waals surface area (Å²) in [5.41, 5.74) is -0.0811. The Bertz CT molecular complexity index is 796. The second kappa shape index (κ2) is 8.21. The van der Waals surface area contributed by atoms with Crippen molar-refractivity contribution in [3.05, 3.63) is 48.2 Å². The Morgan fingerprint density at radius 1 is 1.26 bits per heavy atom. The van der Waals surface area contributed by atoms with E-state index in [9.17, 15) is 18.0 Å². The fourth-order valence-electron chi connectivity index (χ4n) is 3.17. The lowest BCUT2D eigenvalue weighted by atomic mass is 9.96. The van der Waals surface area contributed by atoms with Crippen molar-refractivity contribution in [2.75, 3.05) is 29.6 Å². The smallest absolute Gasteiger partial charge is 0.355 e. The molecule has 3 rings (SSSR count). The Kier molecular flexibility index (Phi) is 5.94. The molecular weight excluding hydrogens is 375 g/mol. The van der Waals surface area contributed by atoms with E-state index in [1.165, 1.54) is 12.3 Å². The lowest BCUT2D eigenvalue weighted by Crippen LogP contribution is -2.42. The number of halogens is 3. The number of benzene rings is 1. The molecule has 144 valence electrons. The van der Waals surface area contributed by atoms with Gasteiger partial charge in [-0.15, -0.1) is 11.8 Å². The predicted molar refractivity (Wildman–Crippen MR) is 101 cm³/mol. The quantitative estimate of drug-likeness (QED) is 0.764. The molecule has 1 aromatic carbocycles. The van der Waals surface area contributed by atoms with E-state index in [1.54, 1.807) is 16.7 Å². The number of alkyl halides is 3. The van der Waals surface area contributed by atoms with Crippen LogP contribution in [0.5, 0.6) is 0 Å². The highest BCUT2D eigenvalue weighted by Crippen LogP contribution is 2.36. The third-order valence-electron chi connectivity index (χ3n) is 4.54. The largest absolute Gasteiger partial charge is 0.419 e. The number of carbonyl (C=O) groups is 1. The number of amides is 1. The third kappa shape index (κ3) is 4.74. The number of piperidine rings is 1. The summed E-state index contributed by atoms with van der Waals surface area (Å²) in [6.45, 7) is 0.668. The standard InChI is InChI=1S/C19H20F3N3OS/c1-27-15-8-6-14(7-9-15)24-18(26)13-4-3-11-25(12-13)17-16(19(20,21)22)5-2-10-23-17/h2,5-10,13H,3-4,11-12H2,1H3,(H,24,26). The number of rotatable bonds is 4. The summed E-state index contributed by atoms with van der Waals surface area (Å²) < 4.78 is 39.8. The molecule has 0 spiro atoms. The van der Waals surface area contributed by atoms with Gasteiger partial charge in [0.1, 0.15) is 5.82 Å². The zero-order chi connectivity index (χ0) is 19.4. The summed E-state index contributed by atoms with van der Waals surface area (Å²) in [4.78, 5) is 19.2. The Morgan fingerprint density at radius 3 is 2.67 bits per heavy atom. The van der Waals surface area contributed by atoms with Crippen LogP contribution in [0.1, 0.15) is 18.4 Å². The van der Waals surface area contributed by atoms with Crippen LogP contribution in [0.25, 0.3) is 0 Å². The second-order valence-corrected chi connectivity index (χ2v) is 7.25. The number of aromatic nitrogens is 1. The van der Waals surface area contributed by atoms with Crippen LogP contribution in [0.3, 0.4) is 0 Å². The Morgan fingerprint density at radius 2 is 2.00 bits per heavy atom. The summed E-state index contributed by atoms with van der Waals surface area (Å²) >= 11 is 1.61. The lowest BCUT2D eigenvalue weighted by Gasteiger charge is -2.34. The molecule has 0 radical (unpaired) electrons. The third-order valence-corrected chi connectivity index (χ3v) is 5.28. The van der Waals surface area contributed by atoms with Crippen LogP contribution in [0.2, 0.25) is 0 Å². The molecule has 1 amide bonds. The molecule has 1 aliphatic rings. The van der Waals surface area contributed by atoms with Gasteiger partial charge in [-0.3, -0.25) is 4.79 Å². The van der Waals surface area contributed by atoms with Crippen molar-refractivity contribution in [3.8, 4) is 0 Å². The number of hydrogen-bond acceptors (Lipinski definition) is 4. The van der Waals surface area contributed by atoms with Gasteiger partial charge < -0.3 is 10.2 Å². The van der Waals surface area contributed by atoms with E-state index >= 15 is 0 Å². The number of carbonyl (C=O) groups excluding carboxylic acids is 1. The molecule has 2 heterocycles. The molecule has 1 N–H and O–H groups in total. The minimum Gasteiger partial charge on any atom is -0.355 e. The molecule has 1 saturated heterocycles. The van der Waals surface area contributed by atoms with Crippen molar-refractivity contribution in [2.45, 2.75) is 23.9 Å². The normalized spacial score (nSPS) is 17.6. The number of hydrogen-bond donors (Lipinski definition) is 1. The van der Waals surface area contributed by atoms with E-state index in [2.05, 4.69) is 10.3 Å². The number of nitrogens with zero attached hydrogens (tertiary/aromatic N) is 2. The summed E-state index contributed by atoms with van der Waals surface area (Å²) in [6, 6.07) is 9.78. The summed E-state index contributed by atoms with van der Waals surface area (Å²) in [5.74, 6) is -0.671. The second-order valence-electron chi connectivity index (χ2n) is 6.38. The van der Waals surface area contributed by atoms with E-state index in [4.69, 9.17) is 0 Å². The van der Waals surface area contributed by atoms with Crippen molar-refractivity contribution in [2.24, 2.45) is 5.92 Å². The molecule has 1 unspecified atom stereocenters. The first-order chi connectivity index (χ1) is 12.9. The molecule has 1 aliphatic heterocycles. The van der Waals surface area contributed by atoms with Gasteiger partial charge in [-0.2, -0.15) is 13.2 Å². The first kappa shape index (κ1) is 19.5. The van der Waals surface area contributed by atoms with Crippen molar-refractivity contribution >= 4 is 29.2 Å². The van der Waals surface area contributed by atoms with E-state index < -0.39 is 11.7 Å². The molecular formula is C19H20F3N3OS. The van der Waals surface area contributed by atoms with Crippen molar-refractivity contribution in [1.82, 2.24) is 4.98 Å². The Labute approximate surface area is 160 Å². The van der Waals surface area contributed by atoms with Crippen molar-refractivity contribution < 1.29 is 18.0 Å². The SMILES string of the molecule is CSc1ccc(NC(=O)C2CCCN(c3ncccc3C(F)(F)F)C2)cc1. The van der Waals surface area contributed by atoms with Crippen LogP contribution in [0.15, 0.2) is 47.5 Å². The number of thioether (sulfide) groups is 1. The van der Waals surface area contributed by atoms with Gasteiger partial charge in [0.15, 0.2) is 0 Å². The molecule has 0 bridgehead atoms. The maximum Gasteiger partial charge on any atom is 0.419 e. The maximum absolute atomic E-state index is 13.3. The number of pyridine rings is 1. The van der Waals surface area contributed by atoms with Gasteiger partial charge in [0.05, 0.1) is 11.5 Å². The van der Waals surface area contributed by atoms with E-state index in [1.807, 2.05) is 30.5 Å². The minimum absolute atomic E-state index is 0.105. The molecule has 2 aromatic rings. The van der Waals surface area contributed by atoms with E-state index in [0.717, 1.165) is 11.0 Å². The average molecular weight is 395 g/mol. The van der Waals surface area contributed by atoms with Crippen LogP contribution in [0.4, 0.5) is 24.7 Å². The highest BCUT2D eigenvalue weighted by molar-refractivity contribution is 7.98. The van der Waals surface area contributed by atoms with E-state index in [0.29, 0.717) is 25.1 Å². The van der Waals surface area contributed by atoms with Gasteiger partial charge in [-0.1, -0.05) is 0 Å². The first-order valence-corrected chi connectivity index (χ1v) is 9.83.